The van der Waals surface area contributed by atoms with Crippen molar-refractivity contribution in [1.29, 1.82) is 0 Å². The number of rotatable bonds is 8. The van der Waals surface area contributed by atoms with Crippen molar-refractivity contribution in [2.75, 3.05) is 11.5 Å². The standard InChI is InChI=1S/C28H24N4O6/c1-2-37-20-11-9-19(10-12-20)32-27(35)23(26(34)30-28(32)36)14-18-16-31(24-8-4-3-7-22(18)24)17-25(33)29-15-21-6-5-13-38-21/h3-14,16H,2,15,17H2,1H3,(H,29,33)(H,30,34,36). The first-order chi connectivity index (χ1) is 18.4. The van der Waals surface area contributed by atoms with Gasteiger partial charge in [0.2, 0.25) is 5.91 Å². The number of carbonyl (C=O) groups excluding carboxylic acids is 4. The maximum Gasteiger partial charge on any atom is 0.335 e. The van der Waals surface area contributed by atoms with E-state index in [4.69, 9.17) is 9.15 Å². The fourth-order valence-corrected chi connectivity index (χ4v) is 4.24. The lowest BCUT2D eigenvalue weighted by Crippen LogP contribution is -2.54. The maximum atomic E-state index is 13.3. The van der Waals surface area contributed by atoms with Crippen LogP contribution in [0.5, 0.6) is 5.75 Å². The van der Waals surface area contributed by atoms with Gasteiger partial charge in [0.25, 0.3) is 11.8 Å². The summed E-state index contributed by atoms with van der Waals surface area (Å²) in [7, 11) is 0. The zero-order chi connectivity index (χ0) is 26.6. The Balaban J connectivity index is 1.43. The molecule has 2 N–H and O–H groups in total. The highest BCUT2D eigenvalue weighted by Crippen LogP contribution is 2.27. The summed E-state index contributed by atoms with van der Waals surface area (Å²) in [6.45, 7) is 2.60. The smallest absolute Gasteiger partial charge is 0.335 e. The summed E-state index contributed by atoms with van der Waals surface area (Å²) in [6, 6.07) is 16.4. The minimum Gasteiger partial charge on any atom is -0.494 e. The number of nitrogens with zero attached hydrogens (tertiary/aromatic N) is 2. The quantitative estimate of drug-likeness (QED) is 0.275. The molecule has 10 heteroatoms. The molecule has 3 heterocycles. The van der Waals surface area contributed by atoms with Gasteiger partial charge in [-0.15, -0.1) is 0 Å². The summed E-state index contributed by atoms with van der Waals surface area (Å²) in [5.41, 5.74) is 1.39. The maximum absolute atomic E-state index is 13.3. The Bertz CT molecular complexity index is 1550. The number of amides is 5. The number of imide groups is 2. The molecule has 5 rings (SSSR count). The van der Waals surface area contributed by atoms with Gasteiger partial charge in [-0.05, 0) is 55.5 Å². The van der Waals surface area contributed by atoms with Crippen LogP contribution in [0.3, 0.4) is 0 Å². The predicted molar refractivity (Wildman–Crippen MR) is 139 cm³/mol. The van der Waals surface area contributed by atoms with Crippen molar-refractivity contribution in [3.05, 3.63) is 90.0 Å². The normalized spacial score (nSPS) is 14.7. The Hall–Kier alpha value is -5.12. The van der Waals surface area contributed by atoms with Gasteiger partial charge in [-0.2, -0.15) is 0 Å². The van der Waals surface area contributed by atoms with Crippen molar-refractivity contribution in [1.82, 2.24) is 15.2 Å². The van der Waals surface area contributed by atoms with Crippen LogP contribution in [0.2, 0.25) is 0 Å². The number of aromatic nitrogens is 1. The van der Waals surface area contributed by atoms with Gasteiger partial charge < -0.3 is 19.0 Å². The Labute approximate surface area is 217 Å². The Morgan fingerprint density at radius 3 is 2.58 bits per heavy atom. The molecule has 0 unspecified atom stereocenters. The number of anilines is 1. The van der Waals surface area contributed by atoms with Gasteiger partial charge in [0, 0.05) is 22.7 Å². The van der Waals surface area contributed by atoms with Crippen molar-refractivity contribution in [3.8, 4) is 5.75 Å². The molecule has 2 aromatic heterocycles. The first-order valence-electron chi connectivity index (χ1n) is 12.0. The number of para-hydroxylation sites is 1. The van der Waals surface area contributed by atoms with Crippen LogP contribution in [0.4, 0.5) is 10.5 Å². The summed E-state index contributed by atoms with van der Waals surface area (Å²) in [4.78, 5) is 52.1. The van der Waals surface area contributed by atoms with E-state index in [9.17, 15) is 19.2 Å². The lowest BCUT2D eigenvalue weighted by molar-refractivity contribution is -0.123. The molecule has 1 aliphatic rings. The van der Waals surface area contributed by atoms with Crippen LogP contribution >= 0.6 is 0 Å². The second-order valence-corrected chi connectivity index (χ2v) is 8.47. The Morgan fingerprint density at radius 1 is 1.05 bits per heavy atom. The number of ether oxygens (including phenoxy) is 1. The van der Waals surface area contributed by atoms with Crippen LogP contribution < -0.4 is 20.3 Å². The van der Waals surface area contributed by atoms with E-state index in [1.807, 2.05) is 31.2 Å². The first-order valence-corrected chi connectivity index (χ1v) is 12.0. The fourth-order valence-electron chi connectivity index (χ4n) is 4.24. The lowest BCUT2D eigenvalue weighted by Gasteiger charge is -2.26. The topological polar surface area (TPSA) is 123 Å². The van der Waals surface area contributed by atoms with E-state index >= 15 is 0 Å². The van der Waals surface area contributed by atoms with E-state index in [2.05, 4.69) is 10.6 Å². The van der Waals surface area contributed by atoms with E-state index in [-0.39, 0.29) is 24.6 Å². The van der Waals surface area contributed by atoms with Crippen molar-refractivity contribution >= 4 is 46.4 Å². The molecular weight excluding hydrogens is 488 g/mol. The fraction of sp³-hybridized carbons (Fsp3) is 0.143. The minimum atomic E-state index is -0.836. The van der Waals surface area contributed by atoms with Crippen molar-refractivity contribution in [2.24, 2.45) is 0 Å². The minimum absolute atomic E-state index is 0.0152. The van der Waals surface area contributed by atoms with Crippen LogP contribution in [0.1, 0.15) is 18.2 Å². The molecule has 0 bridgehead atoms. The number of carbonyl (C=O) groups is 4. The molecule has 4 aromatic rings. The van der Waals surface area contributed by atoms with Crippen molar-refractivity contribution in [2.45, 2.75) is 20.0 Å². The van der Waals surface area contributed by atoms with Gasteiger partial charge in [0.05, 0.1) is 25.1 Å². The van der Waals surface area contributed by atoms with Crippen LogP contribution in [-0.4, -0.2) is 34.9 Å². The average Bonchev–Trinajstić information content (AvgIpc) is 3.55. The third-order valence-corrected chi connectivity index (χ3v) is 5.98. The highest BCUT2D eigenvalue weighted by Gasteiger charge is 2.37. The van der Waals surface area contributed by atoms with Crippen LogP contribution in [0.25, 0.3) is 17.0 Å². The molecule has 1 aliphatic heterocycles. The molecule has 38 heavy (non-hydrogen) atoms. The number of hydrogen-bond donors (Lipinski definition) is 2. The monoisotopic (exact) mass is 512 g/mol. The highest BCUT2D eigenvalue weighted by molar-refractivity contribution is 6.39. The molecule has 2 aromatic carbocycles. The summed E-state index contributed by atoms with van der Waals surface area (Å²) >= 11 is 0. The molecule has 0 saturated carbocycles. The van der Waals surface area contributed by atoms with Gasteiger partial charge in [0.1, 0.15) is 23.6 Å². The number of benzene rings is 2. The molecule has 0 atom stereocenters. The number of fused-ring (bicyclic) bond motifs is 1. The zero-order valence-corrected chi connectivity index (χ0v) is 20.5. The number of urea groups is 1. The Kier molecular flexibility index (Phi) is 6.77. The van der Waals surface area contributed by atoms with Gasteiger partial charge in [-0.1, -0.05) is 18.2 Å². The average molecular weight is 513 g/mol. The van der Waals surface area contributed by atoms with E-state index < -0.39 is 17.8 Å². The van der Waals surface area contributed by atoms with Crippen molar-refractivity contribution in [3.63, 3.8) is 0 Å². The predicted octanol–water partition coefficient (Wildman–Crippen LogP) is 3.62. The Morgan fingerprint density at radius 2 is 1.84 bits per heavy atom. The summed E-state index contributed by atoms with van der Waals surface area (Å²) in [6.07, 6.45) is 4.67. The number of hydrogen-bond acceptors (Lipinski definition) is 6. The number of barbiturate groups is 1. The third kappa shape index (κ3) is 4.92. The van der Waals surface area contributed by atoms with Gasteiger partial charge >= 0.3 is 6.03 Å². The number of nitrogens with one attached hydrogen (secondary N) is 2. The van der Waals surface area contributed by atoms with E-state index in [0.717, 1.165) is 15.8 Å². The van der Waals surface area contributed by atoms with Crippen molar-refractivity contribution < 1.29 is 28.3 Å². The SMILES string of the molecule is CCOc1ccc(N2C(=O)NC(=O)C(=Cc3cn(CC(=O)NCc4ccco4)c4ccccc34)C2=O)cc1. The lowest BCUT2D eigenvalue weighted by atomic mass is 10.1. The second kappa shape index (κ2) is 10.5. The van der Waals surface area contributed by atoms with E-state index in [0.29, 0.717) is 29.4 Å². The van der Waals surface area contributed by atoms with Gasteiger partial charge in [-0.3, -0.25) is 19.7 Å². The molecule has 1 saturated heterocycles. The largest absolute Gasteiger partial charge is 0.494 e. The summed E-state index contributed by atoms with van der Waals surface area (Å²) in [5, 5.41) is 5.78. The van der Waals surface area contributed by atoms with Crippen LogP contribution in [-0.2, 0) is 27.5 Å². The van der Waals surface area contributed by atoms with Gasteiger partial charge in [-0.25, -0.2) is 9.69 Å². The number of furan rings is 1. The summed E-state index contributed by atoms with van der Waals surface area (Å²) in [5.74, 6) is -0.560. The molecule has 10 nitrogen and oxygen atoms in total. The van der Waals surface area contributed by atoms with Crippen LogP contribution in [0, 0.1) is 0 Å². The molecule has 192 valence electrons. The first kappa shape index (κ1) is 24.6. The molecule has 0 spiro atoms. The summed E-state index contributed by atoms with van der Waals surface area (Å²) < 4.78 is 12.4. The molecule has 0 radical (unpaired) electrons. The molecule has 1 fully saturated rings. The third-order valence-electron chi connectivity index (χ3n) is 5.98. The highest BCUT2D eigenvalue weighted by atomic mass is 16.5. The molecule has 0 aliphatic carbocycles. The van der Waals surface area contributed by atoms with E-state index in [1.54, 1.807) is 47.2 Å². The van der Waals surface area contributed by atoms with Gasteiger partial charge in [0.15, 0.2) is 0 Å². The molecular formula is C28H24N4O6. The van der Waals surface area contributed by atoms with Crippen LogP contribution in [0.15, 0.2) is 83.1 Å². The molecule has 5 amide bonds. The second-order valence-electron chi connectivity index (χ2n) is 8.47. The van der Waals surface area contributed by atoms with E-state index in [1.165, 1.54) is 12.3 Å². The zero-order valence-electron chi connectivity index (χ0n) is 20.5.